The second-order valence-electron chi connectivity index (χ2n) is 11.4. The van der Waals surface area contributed by atoms with Crippen molar-refractivity contribution in [2.24, 2.45) is 17.8 Å². The van der Waals surface area contributed by atoms with Crippen LogP contribution in [0.5, 0.6) is 0 Å². The van der Waals surface area contributed by atoms with Crippen LogP contribution in [0.15, 0.2) is 103 Å². The Morgan fingerprint density at radius 1 is 0.775 bits per heavy atom. The molecular weight excluding hydrogens is 494 g/mol. The summed E-state index contributed by atoms with van der Waals surface area (Å²) in [6.45, 7) is 0.425. The molecule has 4 aromatic carbocycles. The predicted octanol–water partition coefficient (Wildman–Crippen LogP) is 7.17. The van der Waals surface area contributed by atoms with Crippen LogP contribution in [0.3, 0.4) is 0 Å². The first kappa shape index (κ1) is 24.6. The lowest BCUT2D eigenvalue weighted by Crippen LogP contribution is -2.35. The summed E-state index contributed by atoms with van der Waals surface area (Å²) < 4.78 is 0. The second kappa shape index (κ2) is 10.3. The van der Waals surface area contributed by atoms with E-state index in [0.29, 0.717) is 47.2 Å². The first-order valence-corrected chi connectivity index (χ1v) is 14.3. The van der Waals surface area contributed by atoms with Crippen molar-refractivity contribution in [2.45, 2.75) is 37.8 Å². The molecule has 0 spiro atoms. The summed E-state index contributed by atoms with van der Waals surface area (Å²) in [5.41, 5.74) is 6.36. The third kappa shape index (κ3) is 4.45. The molecule has 4 aromatic rings. The molecule has 5 heteroatoms. The molecule has 2 bridgehead atoms. The van der Waals surface area contributed by atoms with E-state index in [0.717, 1.165) is 17.2 Å². The number of anilines is 2. The Labute approximate surface area is 235 Å². The van der Waals surface area contributed by atoms with E-state index in [2.05, 4.69) is 58.4 Å². The number of fused-ring (bicyclic) bond motifs is 7. The number of carbonyl (C=O) groups is 2. The molecule has 2 saturated carbocycles. The molecule has 5 atom stereocenters. The highest BCUT2D eigenvalue weighted by molar-refractivity contribution is 6.09. The summed E-state index contributed by atoms with van der Waals surface area (Å²) in [7, 11) is 0. The molecule has 200 valence electrons. The molecule has 40 heavy (non-hydrogen) atoms. The fourth-order valence-corrected chi connectivity index (χ4v) is 7.48. The van der Waals surface area contributed by atoms with Gasteiger partial charge in [-0.3, -0.25) is 9.59 Å². The minimum Gasteiger partial charge on any atom is -0.378 e. The zero-order chi connectivity index (χ0) is 27.1. The van der Waals surface area contributed by atoms with Crippen molar-refractivity contribution in [1.29, 1.82) is 0 Å². The van der Waals surface area contributed by atoms with Crippen molar-refractivity contribution in [1.82, 2.24) is 5.32 Å². The Kier molecular flexibility index (Phi) is 6.35. The number of rotatable bonds is 6. The number of amides is 2. The molecule has 2 aliphatic carbocycles. The molecule has 0 aromatic heterocycles. The van der Waals surface area contributed by atoms with Gasteiger partial charge >= 0.3 is 0 Å². The Morgan fingerprint density at radius 3 is 2.33 bits per heavy atom. The Bertz CT molecular complexity index is 1550. The standard InChI is InChI=1S/C35H33N3O2/c39-34(38-29-14-8-7-13-27(29)35(40)36-21-22-9-3-1-4-10-22)26-17-18-30-28(20-26)31-24-15-16-25(19-24)32(31)33(37-30)23-11-5-2-6-12-23/h1-14,17-18,20,24-25,31-33,37H,15-16,19,21H2,(H,36,40)(H,38,39)/t24-,25-,31-,32-,33+/m0/s1. The van der Waals surface area contributed by atoms with Crippen LogP contribution in [-0.4, -0.2) is 11.8 Å². The highest BCUT2D eigenvalue weighted by Crippen LogP contribution is 2.63. The van der Waals surface area contributed by atoms with Gasteiger partial charge in [0.15, 0.2) is 0 Å². The average molecular weight is 528 g/mol. The molecule has 0 unspecified atom stereocenters. The van der Waals surface area contributed by atoms with E-state index in [1.807, 2.05) is 48.5 Å². The minimum atomic E-state index is -0.217. The van der Waals surface area contributed by atoms with E-state index in [9.17, 15) is 9.59 Å². The maximum atomic E-state index is 13.5. The SMILES string of the molecule is O=C(Nc1ccccc1C(=O)NCc1ccccc1)c1ccc2c(c1)[C@@H]1[C@H]3CC[C@@H](C3)[C@@H]1[C@@H](c1ccccc1)N2. The number of hydrogen-bond acceptors (Lipinski definition) is 3. The Balaban J connectivity index is 1.13. The van der Waals surface area contributed by atoms with E-state index >= 15 is 0 Å². The van der Waals surface area contributed by atoms with Crippen LogP contribution in [-0.2, 0) is 6.54 Å². The molecule has 0 saturated heterocycles. The van der Waals surface area contributed by atoms with Crippen molar-refractivity contribution in [3.05, 3.63) is 131 Å². The van der Waals surface area contributed by atoms with Crippen molar-refractivity contribution < 1.29 is 9.59 Å². The number of para-hydroxylation sites is 1. The first-order chi connectivity index (χ1) is 19.7. The largest absolute Gasteiger partial charge is 0.378 e. The van der Waals surface area contributed by atoms with Gasteiger partial charge in [0, 0.05) is 17.8 Å². The number of nitrogens with one attached hydrogen (secondary N) is 3. The van der Waals surface area contributed by atoms with Gasteiger partial charge in [0.05, 0.1) is 17.3 Å². The average Bonchev–Trinajstić information content (AvgIpc) is 3.64. The minimum absolute atomic E-state index is 0.198. The van der Waals surface area contributed by atoms with Crippen LogP contribution < -0.4 is 16.0 Å². The number of carbonyl (C=O) groups excluding carboxylic acids is 2. The zero-order valence-corrected chi connectivity index (χ0v) is 22.3. The predicted molar refractivity (Wildman–Crippen MR) is 158 cm³/mol. The van der Waals surface area contributed by atoms with Gasteiger partial charge in [-0.15, -0.1) is 0 Å². The van der Waals surface area contributed by atoms with Gasteiger partial charge in [0.25, 0.3) is 11.8 Å². The van der Waals surface area contributed by atoms with Crippen molar-refractivity contribution in [3.8, 4) is 0 Å². The van der Waals surface area contributed by atoms with Gasteiger partial charge in [-0.25, -0.2) is 0 Å². The third-order valence-electron chi connectivity index (χ3n) is 9.22. The molecule has 1 aliphatic heterocycles. The van der Waals surface area contributed by atoms with E-state index in [1.54, 1.807) is 12.1 Å². The molecule has 2 fully saturated rings. The van der Waals surface area contributed by atoms with Crippen LogP contribution in [0.25, 0.3) is 0 Å². The third-order valence-corrected chi connectivity index (χ3v) is 9.22. The Hall–Kier alpha value is -4.38. The molecule has 1 heterocycles. The van der Waals surface area contributed by atoms with Gasteiger partial charge < -0.3 is 16.0 Å². The van der Waals surface area contributed by atoms with E-state index in [1.165, 1.54) is 30.4 Å². The summed E-state index contributed by atoms with van der Waals surface area (Å²) in [5.74, 6) is 1.99. The Morgan fingerprint density at radius 2 is 1.50 bits per heavy atom. The van der Waals surface area contributed by atoms with Crippen LogP contribution >= 0.6 is 0 Å². The first-order valence-electron chi connectivity index (χ1n) is 14.3. The van der Waals surface area contributed by atoms with Gasteiger partial charge in [-0.1, -0.05) is 72.8 Å². The van der Waals surface area contributed by atoms with Crippen LogP contribution in [0.2, 0.25) is 0 Å². The van der Waals surface area contributed by atoms with Gasteiger partial charge in [-0.05, 0) is 90.0 Å². The normalized spacial score (nSPS) is 23.9. The molecule has 3 aliphatic rings. The van der Waals surface area contributed by atoms with Gasteiger partial charge in [-0.2, -0.15) is 0 Å². The molecule has 7 rings (SSSR count). The fourth-order valence-electron chi connectivity index (χ4n) is 7.48. The summed E-state index contributed by atoms with van der Waals surface area (Å²) >= 11 is 0. The van der Waals surface area contributed by atoms with Crippen molar-refractivity contribution >= 4 is 23.2 Å². The fraction of sp³-hybridized carbons (Fsp3) is 0.257. The molecule has 0 radical (unpaired) electrons. The van der Waals surface area contributed by atoms with E-state index < -0.39 is 0 Å². The summed E-state index contributed by atoms with van der Waals surface area (Å²) in [5, 5.41) is 9.84. The molecule has 3 N–H and O–H groups in total. The van der Waals surface area contributed by atoms with Crippen LogP contribution in [0.1, 0.15) is 68.6 Å². The summed E-state index contributed by atoms with van der Waals surface area (Å²) in [6, 6.07) is 34.1. The van der Waals surface area contributed by atoms with Gasteiger partial charge in [0.1, 0.15) is 0 Å². The van der Waals surface area contributed by atoms with Crippen molar-refractivity contribution in [3.63, 3.8) is 0 Å². The lowest BCUT2D eigenvalue weighted by molar-refractivity contribution is 0.0952. The highest BCUT2D eigenvalue weighted by Gasteiger charge is 2.53. The number of hydrogen-bond donors (Lipinski definition) is 3. The van der Waals surface area contributed by atoms with Crippen LogP contribution in [0, 0.1) is 17.8 Å². The highest BCUT2D eigenvalue weighted by atomic mass is 16.2. The maximum Gasteiger partial charge on any atom is 0.255 e. The lowest BCUT2D eigenvalue weighted by atomic mass is 9.68. The lowest BCUT2D eigenvalue weighted by Gasteiger charge is -2.43. The number of benzene rings is 4. The zero-order valence-electron chi connectivity index (χ0n) is 22.3. The van der Waals surface area contributed by atoms with E-state index in [-0.39, 0.29) is 11.8 Å². The quantitative estimate of drug-likeness (QED) is 0.249. The van der Waals surface area contributed by atoms with E-state index in [4.69, 9.17) is 0 Å². The maximum absolute atomic E-state index is 13.5. The monoisotopic (exact) mass is 527 g/mol. The van der Waals surface area contributed by atoms with Gasteiger partial charge in [0.2, 0.25) is 0 Å². The molecular formula is C35H33N3O2. The topological polar surface area (TPSA) is 70.2 Å². The van der Waals surface area contributed by atoms with Crippen LogP contribution in [0.4, 0.5) is 11.4 Å². The molecule has 2 amide bonds. The van der Waals surface area contributed by atoms with Crippen molar-refractivity contribution in [2.75, 3.05) is 10.6 Å². The summed E-state index contributed by atoms with van der Waals surface area (Å²) in [4.78, 5) is 26.6. The smallest absolute Gasteiger partial charge is 0.255 e. The summed E-state index contributed by atoms with van der Waals surface area (Å²) in [6.07, 6.45) is 3.85. The second-order valence-corrected chi connectivity index (χ2v) is 11.4. The molecule has 5 nitrogen and oxygen atoms in total.